The molecule has 2 aromatic heterocycles. The molecule has 2 aromatic rings. The van der Waals surface area contributed by atoms with E-state index in [2.05, 4.69) is 10.1 Å². The summed E-state index contributed by atoms with van der Waals surface area (Å²) in [5.74, 6) is -3.00. The molecule has 2 fully saturated rings. The average Bonchev–Trinajstić information content (AvgIpc) is 3.60. The van der Waals surface area contributed by atoms with Crippen LogP contribution in [0.3, 0.4) is 0 Å². The van der Waals surface area contributed by atoms with E-state index in [-0.39, 0.29) is 17.6 Å². The van der Waals surface area contributed by atoms with Crippen molar-refractivity contribution < 1.29 is 33.7 Å². The van der Waals surface area contributed by atoms with Crippen LogP contribution in [0.5, 0.6) is 0 Å². The number of cyclic esters (lactones) is 1. The van der Waals surface area contributed by atoms with Crippen LogP contribution in [0.2, 0.25) is 0 Å². The van der Waals surface area contributed by atoms with E-state index in [1.54, 1.807) is 33.4 Å². The highest BCUT2D eigenvalue weighted by Gasteiger charge is 2.61. The predicted molar refractivity (Wildman–Crippen MR) is 172 cm³/mol. The Balaban J connectivity index is 1.63. The van der Waals surface area contributed by atoms with Gasteiger partial charge in [-0.1, -0.05) is 27.7 Å². The van der Waals surface area contributed by atoms with Gasteiger partial charge in [0.15, 0.2) is 5.60 Å². The van der Waals surface area contributed by atoms with Crippen molar-refractivity contribution in [2.24, 2.45) is 29.6 Å². The van der Waals surface area contributed by atoms with Gasteiger partial charge in [0.25, 0.3) is 0 Å². The SMILES string of the molecule is CCC1OC(=O)C(C)C(O)C(C)CC(C)(OC)CC(C)C(=O)C(C)C2C(SCCn3ccc(-c4cccnc4)n3)C(=O)OC12C. The molecule has 0 saturated carbocycles. The third-order valence-electron chi connectivity index (χ3n) is 9.95. The summed E-state index contributed by atoms with van der Waals surface area (Å²) < 4.78 is 19.9. The summed E-state index contributed by atoms with van der Waals surface area (Å²) in [5.41, 5.74) is -0.212. The Labute approximate surface area is 271 Å². The topological polar surface area (TPSA) is 130 Å². The zero-order valence-corrected chi connectivity index (χ0v) is 28.6. The third kappa shape index (κ3) is 7.46. The molecule has 4 heterocycles. The summed E-state index contributed by atoms with van der Waals surface area (Å²) in [7, 11) is 1.61. The summed E-state index contributed by atoms with van der Waals surface area (Å²) in [6, 6.07) is 5.74. The number of hydrogen-bond acceptors (Lipinski definition) is 10. The molecule has 0 bridgehead atoms. The van der Waals surface area contributed by atoms with Gasteiger partial charge in [0.05, 0.1) is 23.3 Å². The molecule has 2 aliphatic heterocycles. The van der Waals surface area contributed by atoms with Crippen LogP contribution in [0.15, 0.2) is 36.8 Å². The van der Waals surface area contributed by atoms with Crippen LogP contribution in [-0.4, -0.2) is 79.1 Å². The van der Waals surface area contributed by atoms with Gasteiger partial charge in [0.1, 0.15) is 17.1 Å². The zero-order valence-electron chi connectivity index (χ0n) is 27.8. The first-order valence-electron chi connectivity index (χ1n) is 16.0. The summed E-state index contributed by atoms with van der Waals surface area (Å²) in [6.45, 7) is 13.4. The van der Waals surface area contributed by atoms with Crippen LogP contribution >= 0.6 is 11.8 Å². The molecular formula is C34H49N3O7S. The Kier molecular flexibility index (Phi) is 11.2. The number of aliphatic hydroxyl groups is 1. The maximum Gasteiger partial charge on any atom is 0.320 e. The monoisotopic (exact) mass is 643 g/mol. The molecule has 4 rings (SSSR count). The Morgan fingerprint density at radius 3 is 2.47 bits per heavy atom. The van der Waals surface area contributed by atoms with Crippen molar-refractivity contribution in [2.45, 2.75) is 103 Å². The van der Waals surface area contributed by atoms with Crippen LogP contribution in [0.4, 0.5) is 0 Å². The molecule has 2 aliphatic rings. The molecule has 248 valence electrons. The second-order valence-electron chi connectivity index (χ2n) is 13.4. The lowest BCUT2D eigenvalue weighted by atomic mass is 9.70. The van der Waals surface area contributed by atoms with E-state index in [4.69, 9.17) is 14.2 Å². The van der Waals surface area contributed by atoms with Gasteiger partial charge in [-0.3, -0.25) is 24.0 Å². The smallest absolute Gasteiger partial charge is 0.320 e. The number of fused-ring (bicyclic) bond motifs is 1. The van der Waals surface area contributed by atoms with E-state index in [0.717, 1.165) is 11.3 Å². The third-order valence-corrected chi connectivity index (χ3v) is 11.2. The molecular weight excluding hydrogens is 594 g/mol. The summed E-state index contributed by atoms with van der Waals surface area (Å²) in [6.07, 6.45) is 4.88. The van der Waals surface area contributed by atoms with E-state index in [1.807, 2.05) is 63.7 Å². The number of nitrogens with zero attached hydrogens (tertiary/aromatic N) is 3. The number of ketones is 1. The van der Waals surface area contributed by atoms with Crippen LogP contribution in [-0.2, 0) is 35.1 Å². The lowest BCUT2D eigenvalue weighted by Crippen LogP contribution is -2.53. The van der Waals surface area contributed by atoms with Crippen molar-refractivity contribution in [1.82, 2.24) is 14.8 Å². The number of Topliss-reactive ketones (excluding diaryl/α,β-unsaturated/α-hetero) is 1. The van der Waals surface area contributed by atoms with Crippen molar-refractivity contribution in [1.29, 1.82) is 0 Å². The molecule has 11 heteroatoms. The molecule has 0 aliphatic carbocycles. The molecule has 10 unspecified atom stereocenters. The van der Waals surface area contributed by atoms with Gasteiger partial charge in [-0.2, -0.15) is 5.10 Å². The van der Waals surface area contributed by atoms with Crippen molar-refractivity contribution in [3.8, 4) is 11.3 Å². The van der Waals surface area contributed by atoms with E-state index < -0.39 is 58.4 Å². The highest BCUT2D eigenvalue weighted by atomic mass is 32.2. The summed E-state index contributed by atoms with van der Waals surface area (Å²) >= 11 is 1.44. The molecule has 0 spiro atoms. The Bertz CT molecular complexity index is 1340. The average molecular weight is 644 g/mol. The van der Waals surface area contributed by atoms with Crippen molar-refractivity contribution in [3.05, 3.63) is 36.8 Å². The largest absolute Gasteiger partial charge is 0.458 e. The van der Waals surface area contributed by atoms with Crippen LogP contribution in [0, 0.1) is 29.6 Å². The minimum absolute atomic E-state index is 0.00592. The fourth-order valence-corrected chi connectivity index (χ4v) is 8.78. The number of esters is 2. The number of aliphatic hydroxyl groups excluding tert-OH is 1. The Morgan fingerprint density at radius 1 is 1.09 bits per heavy atom. The number of thioether (sulfide) groups is 1. The van der Waals surface area contributed by atoms with Crippen molar-refractivity contribution in [3.63, 3.8) is 0 Å². The number of aryl methyl sites for hydroxylation is 1. The van der Waals surface area contributed by atoms with E-state index in [9.17, 15) is 19.5 Å². The first-order valence-corrected chi connectivity index (χ1v) is 17.0. The van der Waals surface area contributed by atoms with E-state index in [0.29, 0.717) is 31.6 Å². The number of methoxy groups -OCH3 is 1. The van der Waals surface area contributed by atoms with E-state index >= 15 is 0 Å². The molecule has 10 atom stereocenters. The molecule has 1 N–H and O–H groups in total. The fraction of sp³-hybridized carbons (Fsp3) is 0.676. The minimum atomic E-state index is -1.24. The zero-order chi connectivity index (χ0) is 33.1. The quantitative estimate of drug-likeness (QED) is 0.413. The van der Waals surface area contributed by atoms with Gasteiger partial charge in [-0.25, -0.2) is 0 Å². The number of pyridine rings is 1. The minimum Gasteiger partial charge on any atom is -0.458 e. The second-order valence-corrected chi connectivity index (χ2v) is 14.6. The number of carbonyl (C=O) groups excluding carboxylic acids is 3. The fourth-order valence-electron chi connectivity index (χ4n) is 7.34. The molecule has 45 heavy (non-hydrogen) atoms. The highest BCUT2D eigenvalue weighted by molar-refractivity contribution is 8.00. The molecule has 10 nitrogen and oxygen atoms in total. The van der Waals surface area contributed by atoms with Crippen LogP contribution in [0.1, 0.15) is 67.7 Å². The molecule has 0 amide bonds. The van der Waals surface area contributed by atoms with Gasteiger partial charge < -0.3 is 19.3 Å². The molecule has 0 radical (unpaired) electrons. The van der Waals surface area contributed by atoms with Crippen molar-refractivity contribution >= 4 is 29.5 Å². The molecule has 0 aromatic carbocycles. The number of ether oxygens (including phenoxy) is 3. The lowest BCUT2D eigenvalue weighted by molar-refractivity contribution is -0.186. The van der Waals surface area contributed by atoms with Gasteiger partial charge in [0.2, 0.25) is 0 Å². The van der Waals surface area contributed by atoms with Gasteiger partial charge in [-0.05, 0) is 64.2 Å². The van der Waals surface area contributed by atoms with Gasteiger partial charge in [0, 0.05) is 61.3 Å². The molecule has 2 saturated heterocycles. The lowest BCUT2D eigenvalue weighted by Gasteiger charge is -2.42. The number of rotatable bonds is 7. The maximum atomic E-state index is 14.1. The maximum absolute atomic E-state index is 14.1. The van der Waals surface area contributed by atoms with Gasteiger partial charge in [-0.15, -0.1) is 11.8 Å². The Hall–Kier alpha value is -2.76. The normalized spacial score (nSPS) is 36.6. The van der Waals surface area contributed by atoms with E-state index in [1.165, 1.54) is 11.8 Å². The summed E-state index contributed by atoms with van der Waals surface area (Å²) in [4.78, 5) is 45.3. The number of hydrogen-bond donors (Lipinski definition) is 1. The first-order chi connectivity index (χ1) is 21.2. The number of aromatic nitrogens is 3. The first kappa shape index (κ1) is 35.1. The highest BCUT2D eigenvalue weighted by Crippen LogP contribution is 2.48. The predicted octanol–water partition coefficient (Wildman–Crippen LogP) is 4.97. The Morgan fingerprint density at radius 2 is 1.82 bits per heavy atom. The van der Waals surface area contributed by atoms with Crippen LogP contribution < -0.4 is 0 Å². The number of carbonyl (C=O) groups is 3. The van der Waals surface area contributed by atoms with Crippen LogP contribution in [0.25, 0.3) is 11.3 Å². The summed E-state index contributed by atoms with van der Waals surface area (Å²) in [5, 5.41) is 15.2. The second kappa shape index (κ2) is 14.3. The van der Waals surface area contributed by atoms with Gasteiger partial charge >= 0.3 is 11.9 Å². The van der Waals surface area contributed by atoms with Crippen molar-refractivity contribution in [2.75, 3.05) is 12.9 Å². The standard InChI is InChI=1S/C34H49N3O7S/c1-9-26-34(7)27(30(32(41)44-34)45-16-15-37-14-12-25(36-37)24-11-10-13-35-19-24)22(4)28(38)20(2)17-33(6,42-8)18-21(3)29(39)23(5)31(40)43-26/h10-14,19-23,26-27,29-30,39H,9,15-18H2,1-8H3.